The number of nitrogens with two attached hydrogens (primary N) is 1. The van der Waals surface area contributed by atoms with Gasteiger partial charge in [0, 0.05) is 31.5 Å². The Balaban J connectivity index is 1.45. The number of aliphatic hydroxyl groups is 1. The predicted molar refractivity (Wildman–Crippen MR) is 116 cm³/mol. The summed E-state index contributed by atoms with van der Waals surface area (Å²) in [6.45, 7) is 2.81. The zero-order valence-electron chi connectivity index (χ0n) is 16.0. The fraction of sp³-hybridized carbons (Fsp3) is 0.476. The van der Waals surface area contributed by atoms with Gasteiger partial charge < -0.3 is 20.9 Å². The van der Waals surface area contributed by atoms with Crippen molar-refractivity contribution in [3.63, 3.8) is 0 Å². The quantitative estimate of drug-likeness (QED) is 0.327. The van der Waals surface area contributed by atoms with Crippen molar-refractivity contribution in [2.75, 3.05) is 32.0 Å². The summed E-state index contributed by atoms with van der Waals surface area (Å²) in [6.07, 6.45) is 6.39. The van der Waals surface area contributed by atoms with Gasteiger partial charge in [-0.1, -0.05) is 42.1 Å². The first-order chi connectivity index (χ1) is 13.6. The normalized spacial score (nSPS) is 12.2. The Kier molecular flexibility index (Phi) is 10.6. The number of anilines is 1. The maximum Gasteiger partial charge on any atom is 0.0915 e. The van der Waals surface area contributed by atoms with Crippen molar-refractivity contribution in [3.05, 3.63) is 57.8 Å². The van der Waals surface area contributed by atoms with Crippen molar-refractivity contribution < 1.29 is 9.84 Å². The van der Waals surface area contributed by atoms with Crippen LogP contribution in [0.15, 0.2) is 36.5 Å². The molecule has 1 atom stereocenters. The van der Waals surface area contributed by atoms with Crippen molar-refractivity contribution in [2.24, 2.45) is 0 Å². The minimum Gasteiger partial charge on any atom is -0.396 e. The highest BCUT2D eigenvalue weighted by atomic mass is 35.5. The molecule has 1 aromatic carbocycles. The van der Waals surface area contributed by atoms with Crippen LogP contribution in [0.4, 0.5) is 5.69 Å². The Hall–Kier alpha value is -1.37. The molecule has 0 aliphatic rings. The number of hydrogen-bond acceptors (Lipinski definition) is 5. The Morgan fingerprint density at radius 2 is 1.82 bits per heavy atom. The van der Waals surface area contributed by atoms with Gasteiger partial charge in [0.25, 0.3) is 0 Å². The van der Waals surface area contributed by atoms with Gasteiger partial charge in [0.2, 0.25) is 0 Å². The molecule has 154 valence electrons. The summed E-state index contributed by atoms with van der Waals surface area (Å²) in [4.78, 5) is 4.28. The van der Waals surface area contributed by atoms with Gasteiger partial charge in [-0.15, -0.1) is 0 Å². The molecule has 28 heavy (non-hydrogen) atoms. The standard InChI is InChI=1S/C21H29Cl2N3O2/c22-18-13-16(14-19(23)21(18)24)20(27)15-25-9-4-1-2-6-11-28-12-8-17-7-3-5-10-26-17/h3,5,7,10,13-14,20,25,27H,1-2,4,6,8-9,11-12,15,24H2. The van der Waals surface area contributed by atoms with Gasteiger partial charge in [-0.25, -0.2) is 0 Å². The molecule has 0 aliphatic carbocycles. The average molecular weight is 426 g/mol. The number of nitrogens with zero attached hydrogens (tertiary/aromatic N) is 1. The molecule has 0 bridgehead atoms. The fourth-order valence-corrected chi connectivity index (χ4v) is 3.29. The molecule has 0 spiro atoms. The van der Waals surface area contributed by atoms with Crippen molar-refractivity contribution in [2.45, 2.75) is 38.2 Å². The highest BCUT2D eigenvalue weighted by Crippen LogP contribution is 2.31. The molecule has 0 radical (unpaired) electrons. The molecule has 7 heteroatoms. The first-order valence-corrected chi connectivity index (χ1v) is 10.4. The summed E-state index contributed by atoms with van der Waals surface area (Å²) < 4.78 is 5.65. The van der Waals surface area contributed by atoms with Crippen LogP contribution in [0.3, 0.4) is 0 Å². The van der Waals surface area contributed by atoms with Gasteiger partial charge in [0.1, 0.15) is 0 Å². The summed E-state index contributed by atoms with van der Waals surface area (Å²) in [7, 11) is 0. The lowest BCUT2D eigenvalue weighted by Gasteiger charge is -2.14. The lowest BCUT2D eigenvalue weighted by Crippen LogP contribution is -2.22. The number of ether oxygens (including phenoxy) is 1. The monoisotopic (exact) mass is 425 g/mol. The van der Waals surface area contributed by atoms with Gasteiger partial charge in [0.15, 0.2) is 0 Å². The lowest BCUT2D eigenvalue weighted by molar-refractivity contribution is 0.132. The molecule has 0 fully saturated rings. The van der Waals surface area contributed by atoms with Crippen LogP contribution < -0.4 is 11.1 Å². The highest BCUT2D eigenvalue weighted by Gasteiger charge is 2.11. The van der Waals surface area contributed by atoms with Crippen LogP contribution in [0, 0.1) is 0 Å². The second kappa shape index (κ2) is 13.0. The largest absolute Gasteiger partial charge is 0.396 e. The number of halogens is 2. The molecular formula is C21H29Cl2N3O2. The van der Waals surface area contributed by atoms with E-state index in [1.54, 1.807) is 12.1 Å². The molecular weight excluding hydrogens is 397 g/mol. The molecule has 0 saturated heterocycles. The van der Waals surface area contributed by atoms with Crippen LogP contribution in [0.25, 0.3) is 0 Å². The number of hydrogen-bond donors (Lipinski definition) is 3. The van der Waals surface area contributed by atoms with Gasteiger partial charge in [-0.05, 0) is 49.2 Å². The van der Waals surface area contributed by atoms with E-state index in [0.717, 1.165) is 57.6 Å². The van der Waals surface area contributed by atoms with Crippen LogP contribution in [0.1, 0.15) is 43.0 Å². The number of rotatable bonds is 13. The number of aliphatic hydroxyl groups excluding tert-OH is 1. The van der Waals surface area contributed by atoms with Gasteiger partial charge in [0.05, 0.1) is 28.4 Å². The first-order valence-electron chi connectivity index (χ1n) is 9.68. The van der Waals surface area contributed by atoms with E-state index in [-0.39, 0.29) is 0 Å². The van der Waals surface area contributed by atoms with Crippen LogP contribution in [0.2, 0.25) is 10.0 Å². The molecule has 5 nitrogen and oxygen atoms in total. The maximum absolute atomic E-state index is 10.2. The molecule has 4 N–H and O–H groups in total. The van der Waals surface area contributed by atoms with Crippen molar-refractivity contribution >= 4 is 28.9 Å². The third-order valence-electron chi connectivity index (χ3n) is 4.44. The van der Waals surface area contributed by atoms with E-state index in [1.807, 2.05) is 24.4 Å². The topological polar surface area (TPSA) is 80.4 Å². The Morgan fingerprint density at radius 1 is 1.07 bits per heavy atom. The predicted octanol–water partition coefficient (Wildman–Crippen LogP) is 4.41. The van der Waals surface area contributed by atoms with Crippen molar-refractivity contribution in [1.82, 2.24) is 10.3 Å². The molecule has 0 aliphatic heterocycles. The van der Waals surface area contributed by atoms with Crippen molar-refractivity contribution in [3.8, 4) is 0 Å². The fourth-order valence-electron chi connectivity index (χ4n) is 2.79. The number of unbranched alkanes of at least 4 members (excludes halogenated alkanes) is 3. The lowest BCUT2D eigenvalue weighted by atomic mass is 10.1. The van der Waals surface area contributed by atoms with Gasteiger partial charge >= 0.3 is 0 Å². The molecule has 0 amide bonds. The van der Waals surface area contributed by atoms with E-state index < -0.39 is 6.10 Å². The molecule has 1 aromatic heterocycles. The van der Waals surface area contributed by atoms with E-state index in [1.165, 1.54) is 0 Å². The Bertz CT molecular complexity index is 678. The summed E-state index contributed by atoms with van der Waals surface area (Å²) in [5, 5.41) is 14.2. The SMILES string of the molecule is Nc1c(Cl)cc(C(O)CNCCCCCCOCCc2ccccn2)cc1Cl. The molecule has 2 rings (SSSR count). The maximum atomic E-state index is 10.2. The van der Waals surface area contributed by atoms with Crippen LogP contribution in [-0.4, -0.2) is 36.4 Å². The number of pyridine rings is 1. The number of aromatic nitrogens is 1. The summed E-state index contributed by atoms with van der Waals surface area (Å²) in [6, 6.07) is 9.24. The average Bonchev–Trinajstić information content (AvgIpc) is 2.70. The minimum absolute atomic E-state index is 0.341. The molecule has 1 unspecified atom stereocenters. The number of benzene rings is 1. The van der Waals surface area contributed by atoms with Crippen LogP contribution in [-0.2, 0) is 11.2 Å². The summed E-state index contributed by atoms with van der Waals surface area (Å²) in [5.41, 5.74) is 7.79. The summed E-state index contributed by atoms with van der Waals surface area (Å²) >= 11 is 12.0. The first kappa shape index (κ1) is 22.9. The summed E-state index contributed by atoms with van der Waals surface area (Å²) in [5.74, 6) is 0. The minimum atomic E-state index is -0.664. The van der Waals surface area contributed by atoms with Crippen LogP contribution in [0.5, 0.6) is 0 Å². The molecule has 0 saturated carbocycles. The molecule has 1 heterocycles. The number of nitrogens with one attached hydrogen (secondary N) is 1. The second-order valence-electron chi connectivity index (χ2n) is 6.72. The van der Waals surface area contributed by atoms with Crippen molar-refractivity contribution in [1.29, 1.82) is 0 Å². The van der Waals surface area contributed by atoms with Gasteiger partial charge in [-0.3, -0.25) is 4.98 Å². The van der Waals surface area contributed by atoms with E-state index in [0.29, 0.717) is 27.8 Å². The zero-order chi connectivity index (χ0) is 20.2. The number of nitrogen functional groups attached to an aromatic ring is 1. The third kappa shape index (κ3) is 8.33. The Morgan fingerprint density at radius 3 is 2.54 bits per heavy atom. The van der Waals surface area contributed by atoms with E-state index in [2.05, 4.69) is 10.3 Å². The van der Waals surface area contributed by atoms with Crippen LogP contribution >= 0.6 is 23.2 Å². The smallest absolute Gasteiger partial charge is 0.0915 e. The highest BCUT2D eigenvalue weighted by molar-refractivity contribution is 6.38. The van der Waals surface area contributed by atoms with E-state index in [9.17, 15) is 5.11 Å². The third-order valence-corrected chi connectivity index (χ3v) is 5.07. The Labute approximate surface area is 177 Å². The van der Waals surface area contributed by atoms with E-state index in [4.69, 9.17) is 33.7 Å². The molecule has 2 aromatic rings. The van der Waals surface area contributed by atoms with Gasteiger partial charge in [-0.2, -0.15) is 0 Å². The second-order valence-corrected chi connectivity index (χ2v) is 7.53. The van der Waals surface area contributed by atoms with E-state index >= 15 is 0 Å². The zero-order valence-corrected chi connectivity index (χ0v) is 17.6.